The first kappa shape index (κ1) is 14.4. The molecule has 0 aliphatic heterocycles. The molecule has 3 N–H and O–H groups in total. The largest absolute Gasteiger partial charge is 0.504 e. The van der Waals surface area contributed by atoms with E-state index in [2.05, 4.69) is 21.2 Å². The van der Waals surface area contributed by atoms with E-state index in [1.165, 1.54) is 18.2 Å². The topological polar surface area (TPSA) is 69.6 Å². The van der Waals surface area contributed by atoms with E-state index in [9.17, 15) is 15.0 Å². The molecule has 2 aromatic carbocycles. The number of nitrogens with one attached hydrogen (secondary N) is 1. The number of phenols is 2. The van der Waals surface area contributed by atoms with Gasteiger partial charge in [0.25, 0.3) is 5.91 Å². The maximum atomic E-state index is 12.1. The fraction of sp³-hybridized carbons (Fsp3) is 0.133. The molecule has 0 bridgehead atoms. The third kappa shape index (κ3) is 3.30. The molecule has 104 valence electrons. The van der Waals surface area contributed by atoms with Crippen LogP contribution in [0.15, 0.2) is 46.9 Å². The lowest BCUT2D eigenvalue weighted by Crippen LogP contribution is -2.26. The second-order valence-corrected chi connectivity index (χ2v) is 5.37. The Labute approximate surface area is 125 Å². The molecule has 0 saturated carbocycles. The minimum Gasteiger partial charge on any atom is -0.504 e. The normalized spacial score (nSPS) is 11.9. The molecule has 2 aromatic rings. The van der Waals surface area contributed by atoms with Gasteiger partial charge in [-0.15, -0.1) is 0 Å². The summed E-state index contributed by atoms with van der Waals surface area (Å²) in [5.41, 5.74) is 1.26. The van der Waals surface area contributed by atoms with Crippen LogP contribution in [0.3, 0.4) is 0 Å². The lowest BCUT2D eigenvalue weighted by atomic mass is 10.1. The highest BCUT2D eigenvalue weighted by atomic mass is 79.9. The van der Waals surface area contributed by atoms with Crippen molar-refractivity contribution in [2.24, 2.45) is 0 Å². The Balaban J connectivity index is 2.13. The summed E-state index contributed by atoms with van der Waals surface area (Å²) in [6.45, 7) is 1.87. The van der Waals surface area contributed by atoms with E-state index in [-0.39, 0.29) is 23.4 Å². The molecule has 2 rings (SSSR count). The zero-order valence-electron chi connectivity index (χ0n) is 10.8. The van der Waals surface area contributed by atoms with Crippen LogP contribution in [-0.4, -0.2) is 16.1 Å². The van der Waals surface area contributed by atoms with Crippen LogP contribution in [0, 0.1) is 0 Å². The Morgan fingerprint density at radius 2 is 1.90 bits per heavy atom. The zero-order valence-corrected chi connectivity index (χ0v) is 12.4. The van der Waals surface area contributed by atoms with Crippen molar-refractivity contribution in [3.05, 3.63) is 58.1 Å². The molecule has 0 heterocycles. The van der Waals surface area contributed by atoms with Gasteiger partial charge < -0.3 is 15.5 Å². The minimum absolute atomic E-state index is 0.170. The Bertz CT molecular complexity index is 643. The Morgan fingerprint density at radius 1 is 1.15 bits per heavy atom. The summed E-state index contributed by atoms with van der Waals surface area (Å²) in [5.74, 6) is -0.873. The number of carbonyl (C=O) groups excluding carboxylic acids is 1. The molecule has 0 saturated heterocycles. The van der Waals surface area contributed by atoms with Gasteiger partial charge in [-0.1, -0.05) is 28.1 Å². The molecule has 1 amide bonds. The summed E-state index contributed by atoms with van der Waals surface area (Å²) in [6, 6.07) is 11.5. The van der Waals surface area contributed by atoms with Crippen LogP contribution in [0.25, 0.3) is 0 Å². The summed E-state index contributed by atoms with van der Waals surface area (Å²) in [5, 5.41) is 21.5. The van der Waals surface area contributed by atoms with E-state index in [1.54, 1.807) is 0 Å². The van der Waals surface area contributed by atoms with Crippen molar-refractivity contribution in [3.63, 3.8) is 0 Å². The number of phenolic OH excluding ortho intramolecular Hbond substituents is 2. The lowest BCUT2D eigenvalue weighted by molar-refractivity contribution is 0.0939. The van der Waals surface area contributed by atoms with Crippen molar-refractivity contribution in [3.8, 4) is 11.5 Å². The third-order valence-corrected chi connectivity index (χ3v) is 3.43. The average Bonchev–Trinajstić information content (AvgIpc) is 2.41. The van der Waals surface area contributed by atoms with E-state index in [1.807, 2.05) is 31.2 Å². The highest BCUT2D eigenvalue weighted by Gasteiger charge is 2.13. The van der Waals surface area contributed by atoms with Crippen LogP contribution < -0.4 is 5.32 Å². The maximum Gasteiger partial charge on any atom is 0.251 e. The summed E-state index contributed by atoms with van der Waals surface area (Å²) in [7, 11) is 0. The number of hydrogen-bond acceptors (Lipinski definition) is 3. The van der Waals surface area contributed by atoms with E-state index in [0.717, 1.165) is 10.0 Å². The van der Waals surface area contributed by atoms with E-state index in [0.29, 0.717) is 5.56 Å². The van der Waals surface area contributed by atoms with Gasteiger partial charge in [-0.25, -0.2) is 0 Å². The standard InChI is InChI=1S/C15H14BrNO3/c1-9(10-3-2-4-12(16)7-10)17-15(20)11-5-6-13(18)14(19)8-11/h2-9,18-19H,1H3,(H,17,20). The van der Waals surface area contributed by atoms with Gasteiger partial charge in [0.05, 0.1) is 6.04 Å². The molecule has 0 aliphatic rings. The molecule has 5 heteroatoms. The van der Waals surface area contributed by atoms with Crippen LogP contribution in [0.2, 0.25) is 0 Å². The maximum absolute atomic E-state index is 12.1. The average molecular weight is 336 g/mol. The van der Waals surface area contributed by atoms with Gasteiger partial charge in [-0.2, -0.15) is 0 Å². The first-order valence-corrected chi connectivity index (χ1v) is 6.85. The van der Waals surface area contributed by atoms with Gasteiger partial charge in [-0.3, -0.25) is 4.79 Å². The van der Waals surface area contributed by atoms with Crippen molar-refractivity contribution in [2.45, 2.75) is 13.0 Å². The molecular weight excluding hydrogens is 322 g/mol. The van der Waals surface area contributed by atoms with E-state index in [4.69, 9.17) is 0 Å². The molecule has 1 atom stereocenters. The first-order valence-electron chi connectivity index (χ1n) is 6.05. The van der Waals surface area contributed by atoms with Crippen molar-refractivity contribution >= 4 is 21.8 Å². The van der Waals surface area contributed by atoms with E-state index >= 15 is 0 Å². The number of rotatable bonds is 3. The molecular formula is C15H14BrNO3. The zero-order chi connectivity index (χ0) is 14.7. The molecule has 0 radical (unpaired) electrons. The predicted octanol–water partition coefficient (Wildman–Crippen LogP) is 3.35. The number of aromatic hydroxyl groups is 2. The van der Waals surface area contributed by atoms with Crippen molar-refractivity contribution in [1.82, 2.24) is 5.32 Å². The van der Waals surface area contributed by atoms with Gasteiger partial charge in [0.2, 0.25) is 0 Å². The molecule has 1 unspecified atom stereocenters. The quantitative estimate of drug-likeness (QED) is 0.753. The van der Waals surface area contributed by atoms with Crippen LogP contribution >= 0.6 is 15.9 Å². The molecule has 0 aromatic heterocycles. The SMILES string of the molecule is CC(NC(=O)c1ccc(O)c(O)c1)c1cccc(Br)c1. The number of hydrogen-bond donors (Lipinski definition) is 3. The number of amides is 1. The molecule has 0 spiro atoms. The Hall–Kier alpha value is -2.01. The number of benzene rings is 2. The summed E-state index contributed by atoms with van der Waals surface area (Å²) in [4.78, 5) is 12.1. The van der Waals surface area contributed by atoms with Gasteiger partial charge in [0.15, 0.2) is 11.5 Å². The molecule has 0 fully saturated rings. The fourth-order valence-electron chi connectivity index (χ4n) is 1.80. The second kappa shape index (κ2) is 5.96. The van der Waals surface area contributed by atoms with Crippen LogP contribution in [0.4, 0.5) is 0 Å². The van der Waals surface area contributed by atoms with E-state index < -0.39 is 0 Å². The third-order valence-electron chi connectivity index (χ3n) is 2.93. The molecule has 4 nitrogen and oxygen atoms in total. The second-order valence-electron chi connectivity index (χ2n) is 4.45. The smallest absolute Gasteiger partial charge is 0.251 e. The van der Waals surface area contributed by atoms with Crippen molar-refractivity contribution in [1.29, 1.82) is 0 Å². The number of halogens is 1. The highest BCUT2D eigenvalue weighted by Crippen LogP contribution is 2.25. The van der Waals surface area contributed by atoms with Crippen molar-refractivity contribution < 1.29 is 15.0 Å². The predicted molar refractivity (Wildman–Crippen MR) is 79.8 cm³/mol. The van der Waals surface area contributed by atoms with Gasteiger partial charge in [0, 0.05) is 10.0 Å². The summed E-state index contributed by atoms with van der Waals surface area (Å²) < 4.78 is 0.943. The Morgan fingerprint density at radius 3 is 2.55 bits per heavy atom. The van der Waals surface area contributed by atoms with Gasteiger partial charge in [0.1, 0.15) is 0 Å². The van der Waals surface area contributed by atoms with Gasteiger partial charge in [-0.05, 0) is 42.8 Å². The lowest BCUT2D eigenvalue weighted by Gasteiger charge is -2.15. The summed E-state index contributed by atoms with van der Waals surface area (Å²) >= 11 is 3.39. The van der Waals surface area contributed by atoms with Crippen LogP contribution in [0.5, 0.6) is 11.5 Å². The highest BCUT2D eigenvalue weighted by molar-refractivity contribution is 9.10. The number of carbonyl (C=O) groups is 1. The minimum atomic E-state index is -0.312. The fourth-order valence-corrected chi connectivity index (χ4v) is 2.22. The van der Waals surface area contributed by atoms with Crippen LogP contribution in [0.1, 0.15) is 28.9 Å². The van der Waals surface area contributed by atoms with Gasteiger partial charge >= 0.3 is 0 Å². The molecule has 20 heavy (non-hydrogen) atoms. The van der Waals surface area contributed by atoms with Crippen LogP contribution in [-0.2, 0) is 0 Å². The Kier molecular flexibility index (Phi) is 4.29. The first-order chi connectivity index (χ1) is 9.47. The monoisotopic (exact) mass is 335 g/mol. The summed E-state index contributed by atoms with van der Waals surface area (Å²) in [6.07, 6.45) is 0. The molecule has 0 aliphatic carbocycles. The van der Waals surface area contributed by atoms with Crippen molar-refractivity contribution in [2.75, 3.05) is 0 Å².